The SMILES string of the molecule is CCOC(=O)CCCCCN1C(=CC=CC=CC2=[N+](CCCCCC(C)=O)c3ccc(S(=O)(=O)O)cc3C2(C)C)C(C)(CCCCCC(=O)O)c2cc(S(=O)(=O)O)ccc21. The van der Waals surface area contributed by atoms with E-state index in [0.717, 1.165) is 66.0 Å². The molecule has 0 amide bonds. The van der Waals surface area contributed by atoms with Gasteiger partial charge in [-0.25, -0.2) is 0 Å². The summed E-state index contributed by atoms with van der Waals surface area (Å²) in [7, 11) is -8.94. The number of unbranched alkanes of at least 4 members (excludes halogenated alkanes) is 6. The van der Waals surface area contributed by atoms with E-state index >= 15 is 0 Å². The molecular weight excluding hydrogens is 809 g/mol. The van der Waals surface area contributed by atoms with E-state index in [1.165, 1.54) is 24.3 Å². The number of hydrogen-bond donors (Lipinski definition) is 3. The van der Waals surface area contributed by atoms with Crippen LogP contribution in [0.4, 0.5) is 11.4 Å². The van der Waals surface area contributed by atoms with Crippen molar-refractivity contribution in [2.75, 3.05) is 24.6 Å². The van der Waals surface area contributed by atoms with Gasteiger partial charge in [0, 0.05) is 66.7 Å². The molecule has 2 aromatic carbocycles. The van der Waals surface area contributed by atoms with Gasteiger partial charge in [0.15, 0.2) is 5.71 Å². The highest BCUT2D eigenvalue weighted by molar-refractivity contribution is 7.86. The number of nitrogens with zero attached hydrogens (tertiary/aromatic N) is 2. The minimum Gasteiger partial charge on any atom is -0.481 e. The number of esters is 1. The highest BCUT2D eigenvalue weighted by Crippen LogP contribution is 2.51. The zero-order valence-corrected chi connectivity index (χ0v) is 37.1. The monoisotopic (exact) mass is 869 g/mol. The Labute approximate surface area is 355 Å². The van der Waals surface area contributed by atoms with Crippen molar-refractivity contribution in [2.24, 2.45) is 0 Å². The van der Waals surface area contributed by atoms with E-state index in [4.69, 9.17) is 4.74 Å². The van der Waals surface area contributed by atoms with Crippen molar-refractivity contribution in [3.8, 4) is 0 Å². The number of carbonyl (C=O) groups is 3. The van der Waals surface area contributed by atoms with E-state index < -0.39 is 37.0 Å². The smallest absolute Gasteiger partial charge is 0.305 e. The molecule has 15 heteroatoms. The average Bonchev–Trinajstić information content (AvgIpc) is 3.52. The van der Waals surface area contributed by atoms with Crippen LogP contribution in [0.2, 0.25) is 0 Å². The molecular formula is C45H61N2O11S2+. The molecule has 0 spiro atoms. The molecule has 0 aliphatic carbocycles. The van der Waals surface area contributed by atoms with Crippen LogP contribution in [-0.4, -0.2) is 78.8 Å². The van der Waals surface area contributed by atoms with Crippen LogP contribution in [-0.2, 0) is 50.2 Å². The zero-order valence-electron chi connectivity index (χ0n) is 35.5. The molecule has 3 N–H and O–H groups in total. The van der Waals surface area contributed by atoms with Gasteiger partial charge in [-0.3, -0.25) is 18.7 Å². The molecule has 2 aromatic rings. The van der Waals surface area contributed by atoms with Crippen LogP contribution >= 0.6 is 0 Å². The number of fused-ring (bicyclic) bond motifs is 2. The van der Waals surface area contributed by atoms with Crippen molar-refractivity contribution in [3.05, 3.63) is 83.6 Å². The summed E-state index contributed by atoms with van der Waals surface area (Å²) in [6.45, 7) is 10.9. The molecule has 2 aliphatic heterocycles. The van der Waals surface area contributed by atoms with E-state index in [0.29, 0.717) is 64.6 Å². The number of hydrogen-bond acceptors (Lipinski definition) is 9. The van der Waals surface area contributed by atoms with E-state index in [1.54, 1.807) is 26.0 Å². The molecule has 4 rings (SSSR count). The second-order valence-corrected chi connectivity index (χ2v) is 19.2. The Bertz CT molecular complexity index is 2260. The molecule has 328 valence electrons. The minimum atomic E-state index is -4.51. The van der Waals surface area contributed by atoms with Crippen LogP contribution in [0.25, 0.3) is 0 Å². The molecule has 0 saturated carbocycles. The van der Waals surface area contributed by atoms with E-state index in [-0.39, 0.29) is 28.0 Å². The fourth-order valence-corrected chi connectivity index (χ4v) is 9.32. The summed E-state index contributed by atoms with van der Waals surface area (Å²) in [5.41, 5.74) is 3.65. The van der Waals surface area contributed by atoms with Crippen LogP contribution in [0.5, 0.6) is 0 Å². The number of aliphatic carboxylic acids is 1. The van der Waals surface area contributed by atoms with E-state index in [2.05, 4.69) is 9.48 Å². The minimum absolute atomic E-state index is 0.0514. The first-order chi connectivity index (χ1) is 28.2. The second kappa shape index (κ2) is 20.9. The van der Waals surface area contributed by atoms with Crippen LogP contribution in [0, 0.1) is 0 Å². The summed E-state index contributed by atoms with van der Waals surface area (Å²) in [5, 5.41) is 9.20. The third kappa shape index (κ3) is 12.3. The van der Waals surface area contributed by atoms with Gasteiger partial charge in [0.1, 0.15) is 12.3 Å². The maximum absolute atomic E-state index is 12.3. The van der Waals surface area contributed by atoms with Gasteiger partial charge in [-0.05, 0) is 115 Å². The Kier molecular flexibility index (Phi) is 16.8. The fraction of sp³-hybridized carbons (Fsp3) is 0.511. The van der Waals surface area contributed by atoms with Gasteiger partial charge >= 0.3 is 11.9 Å². The number of anilines is 1. The molecule has 2 heterocycles. The van der Waals surface area contributed by atoms with Crippen molar-refractivity contribution in [1.82, 2.24) is 0 Å². The molecule has 60 heavy (non-hydrogen) atoms. The van der Waals surface area contributed by atoms with Gasteiger partial charge in [0.05, 0.1) is 21.8 Å². The number of allylic oxidation sites excluding steroid dienone is 6. The number of ketones is 1. The summed E-state index contributed by atoms with van der Waals surface area (Å²) in [4.78, 5) is 36.5. The third-order valence-corrected chi connectivity index (χ3v) is 13.1. The maximum Gasteiger partial charge on any atom is 0.305 e. The molecule has 1 atom stereocenters. The molecule has 0 saturated heterocycles. The summed E-state index contributed by atoms with van der Waals surface area (Å²) in [5.74, 6) is -0.960. The van der Waals surface area contributed by atoms with Gasteiger partial charge in [0.25, 0.3) is 20.2 Å². The molecule has 13 nitrogen and oxygen atoms in total. The molecule has 2 aliphatic rings. The lowest BCUT2D eigenvalue weighted by Gasteiger charge is -2.30. The Balaban J connectivity index is 1.71. The Morgan fingerprint density at radius 3 is 2.03 bits per heavy atom. The number of carboxylic acid groups (broad SMARTS) is 1. The first-order valence-corrected chi connectivity index (χ1v) is 23.7. The number of benzene rings is 2. The normalized spacial score (nSPS) is 18.2. The van der Waals surface area contributed by atoms with Crippen molar-refractivity contribution in [3.63, 3.8) is 0 Å². The first-order valence-electron chi connectivity index (χ1n) is 20.8. The topological polar surface area (TPSA) is 196 Å². The fourth-order valence-electron chi connectivity index (χ4n) is 8.31. The van der Waals surface area contributed by atoms with Crippen molar-refractivity contribution < 1.29 is 54.7 Å². The molecule has 0 bridgehead atoms. The summed E-state index contributed by atoms with van der Waals surface area (Å²) in [6.07, 6.45) is 17.5. The quantitative estimate of drug-likeness (QED) is 0.0299. The Morgan fingerprint density at radius 2 is 1.38 bits per heavy atom. The second-order valence-electron chi connectivity index (χ2n) is 16.3. The maximum atomic E-state index is 12.3. The Morgan fingerprint density at radius 1 is 0.767 bits per heavy atom. The van der Waals surface area contributed by atoms with Crippen LogP contribution < -0.4 is 4.90 Å². The number of ether oxygens (including phenoxy) is 1. The molecule has 0 fully saturated rings. The standard InChI is InChI=1S/C45H60N2O11S2/c1-6-58-43(51)23-15-10-18-30-47-39-27-25-35(60(55,56)57)32-37(39)45(5,28-16-8-14-22-42(49)50)41(47)21-13-7-12-20-40-44(3,4)36-31-34(59(52,53)54)24-26-38(36)46(40)29-17-9-11-19-33(2)48/h7,12-13,20-21,24-27,31-32H,6,8-11,14-19,22-23,28-30H2,1-5H3,(H2-,49,50,52,53,54,55,56,57)/p+1. The van der Waals surface area contributed by atoms with Crippen LogP contribution in [0.1, 0.15) is 129 Å². The zero-order chi connectivity index (χ0) is 44.3. The Hall–Kier alpha value is -4.44. The first kappa shape index (κ1) is 48.2. The number of carboxylic acids is 1. The van der Waals surface area contributed by atoms with E-state index in [1.807, 2.05) is 51.2 Å². The van der Waals surface area contributed by atoms with Crippen molar-refractivity contribution in [1.29, 1.82) is 0 Å². The van der Waals surface area contributed by atoms with Gasteiger partial charge in [0.2, 0.25) is 5.69 Å². The van der Waals surface area contributed by atoms with Crippen LogP contribution in [0.3, 0.4) is 0 Å². The van der Waals surface area contributed by atoms with Gasteiger partial charge in [-0.15, -0.1) is 0 Å². The predicted molar refractivity (Wildman–Crippen MR) is 231 cm³/mol. The van der Waals surface area contributed by atoms with Crippen LogP contribution in [0.15, 0.2) is 82.3 Å². The number of Topliss-reactive ketones (excluding diaryl/α,β-unsaturated/α-hetero) is 1. The number of carbonyl (C=O) groups excluding carboxylic acids is 2. The lowest BCUT2D eigenvalue weighted by atomic mass is 9.77. The van der Waals surface area contributed by atoms with Gasteiger partial charge in [-0.1, -0.05) is 37.5 Å². The summed E-state index contributed by atoms with van der Waals surface area (Å²) >= 11 is 0. The molecule has 0 aromatic heterocycles. The highest BCUT2D eigenvalue weighted by atomic mass is 32.2. The molecule has 0 radical (unpaired) electrons. The van der Waals surface area contributed by atoms with Crippen molar-refractivity contribution in [2.45, 2.75) is 139 Å². The van der Waals surface area contributed by atoms with Crippen molar-refractivity contribution >= 4 is 55.0 Å². The molecule has 1 unspecified atom stereocenters. The summed E-state index contributed by atoms with van der Waals surface area (Å²) < 4.78 is 76.0. The number of rotatable bonds is 24. The summed E-state index contributed by atoms with van der Waals surface area (Å²) in [6, 6.07) is 9.27. The third-order valence-electron chi connectivity index (χ3n) is 11.4. The highest BCUT2D eigenvalue weighted by Gasteiger charge is 2.45. The van der Waals surface area contributed by atoms with Gasteiger partial charge < -0.3 is 19.5 Å². The van der Waals surface area contributed by atoms with Gasteiger partial charge in [-0.2, -0.15) is 21.4 Å². The largest absolute Gasteiger partial charge is 0.481 e. The lowest BCUT2D eigenvalue weighted by molar-refractivity contribution is -0.438. The van der Waals surface area contributed by atoms with E-state index in [9.17, 15) is 45.4 Å². The lowest BCUT2D eigenvalue weighted by Crippen LogP contribution is -2.29. The predicted octanol–water partition coefficient (Wildman–Crippen LogP) is 8.64. The average molecular weight is 870 g/mol.